The Kier molecular flexibility index (Phi) is 4.41. The lowest BCUT2D eigenvalue weighted by Gasteiger charge is -2.13. The molecule has 0 unspecified atom stereocenters. The molecule has 0 spiro atoms. The van der Waals surface area contributed by atoms with Gasteiger partial charge in [-0.2, -0.15) is 0 Å². The van der Waals surface area contributed by atoms with Crippen molar-refractivity contribution in [3.05, 3.63) is 95.3 Å². The highest BCUT2D eigenvalue weighted by Crippen LogP contribution is 2.36. The summed E-state index contributed by atoms with van der Waals surface area (Å²) in [4.78, 5) is 20.5. The fourth-order valence-corrected chi connectivity index (χ4v) is 4.22. The van der Waals surface area contributed by atoms with E-state index in [1.807, 2.05) is 54.8 Å². The smallest absolute Gasteiger partial charge is 0.249 e. The van der Waals surface area contributed by atoms with Crippen molar-refractivity contribution >= 4 is 33.6 Å². The van der Waals surface area contributed by atoms with Crippen LogP contribution in [0, 0.1) is 0 Å². The summed E-state index contributed by atoms with van der Waals surface area (Å²) in [7, 11) is 0. The average Bonchev–Trinajstić information content (AvgIpc) is 2.78. The van der Waals surface area contributed by atoms with Crippen LogP contribution in [0.3, 0.4) is 0 Å². The van der Waals surface area contributed by atoms with Crippen LogP contribution in [0.5, 0.6) is 0 Å². The minimum Gasteiger partial charge on any atom is -0.320 e. The highest BCUT2D eigenvalue weighted by molar-refractivity contribution is 7.98. The minimum absolute atomic E-state index is 0.124. The second kappa shape index (κ2) is 7.22. The molecule has 2 heterocycles. The van der Waals surface area contributed by atoms with Gasteiger partial charge in [-0.15, -0.1) is 11.8 Å². The lowest BCUT2D eigenvalue weighted by molar-refractivity contribution is 1.19. The number of hydrogen-bond donors (Lipinski definition) is 1. The fourth-order valence-electron chi connectivity index (χ4n) is 3.81. The summed E-state index contributed by atoms with van der Waals surface area (Å²) in [6.07, 6.45) is 2.02. The number of rotatable bonds is 3. The van der Waals surface area contributed by atoms with Gasteiger partial charge in [0.15, 0.2) is 0 Å². The Morgan fingerprint density at radius 2 is 1.34 bits per heavy atom. The fraction of sp³-hybridized carbons (Fsp3) is 0.0400. The standard InChI is InChI=1S/C25H18N2OS/c1-29-23-15-21(17-10-6-3-7-11-17)19-13-12-18-20(16-8-4-2-5-9-16)14-22(28)26-24(18)25(19)27-23/h2-15H,1H3,(H,26,28). The van der Waals surface area contributed by atoms with Gasteiger partial charge >= 0.3 is 0 Å². The molecule has 0 aliphatic carbocycles. The molecule has 140 valence electrons. The van der Waals surface area contributed by atoms with Gasteiger partial charge in [0.2, 0.25) is 5.56 Å². The predicted octanol–water partition coefficient (Wildman–Crippen LogP) is 6.13. The molecule has 3 aromatic carbocycles. The molecule has 0 saturated carbocycles. The van der Waals surface area contributed by atoms with E-state index in [-0.39, 0.29) is 5.56 Å². The molecule has 3 nitrogen and oxygen atoms in total. The maximum absolute atomic E-state index is 12.5. The number of hydrogen-bond acceptors (Lipinski definition) is 3. The number of H-pyrrole nitrogens is 1. The number of nitrogens with zero attached hydrogens (tertiary/aromatic N) is 1. The third-order valence-corrected chi connectivity index (χ3v) is 5.78. The third kappa shape index (κ3) is 3.12. The molecule has 0 amide bonds. The number of fused-ring (bicyclic) bond motifs is 3. The van der Waals surface area contributed by atoms with Crippen LogP contribution in [0.25, 0.3) is 44.1 Å². The van der Waals surface area contributed by atoms with Crippen molar-refractivity contribution in [2.75, 3.05) is 6.26 Å². The Morgan fingerprint density at radius 1 is 0.759 bits per heavy atom. The van der Waals surface area contributed by atoms with Crippen molar-refractivity contribution in [3.63, 3.8) is 0 Å². The van der Waals surface area contributed by atoms with Crippen LogP contribution in [0.15, 0.2) is 94.7 Å². The topological polar surface area (TPSA) is 45.8 Å². The molecule has 0 radical (unpaired) electrons. The summed E-state index contributed by atoms with van der Waals surface area (Å²) >= 11 is 1.60. The first-order chi connectivity index (χ1) is 14.2. The Morgan fingerprint density at radius 3 is 1.97 bits per heavy atom. The van der Waals surface area contributed by atoms with Crippen molar-refractivity contribution < 1.29 is 0 Å². The number of aromatic nitrogens is 2. The van der Waals surface area contributed by atoms with Crippen LogP contribution in [-0.2, 0) is 0 Å². The number of benzene rings is 3. The van der Waals surface area contributed by atoms with E-state index in [2.05, 4.69) is 35.3 Å². The van der Waals surface area contributed by atoms with Gasteiger partial charge in [0.05, 0.1) is 16.1 Å². The summed E-state index contributed by atoms with van der Waals surface area (Å²) in [5.74, 6) is 0. The van der Waals surface area contributed by atoms with Crippen molar-refractivity contribution in [2.45, 2.75) is 5.03 Å². The van der Waals surface area contributed by atoms with Crippen LogP contribution in [0.1, 0.15) is 0 Å². The number of aromatic amines is 1. The Hall–Kier alpha value is -3.37. The molecule has 1 N–H and O–H groups in total. The quantitative estimate of drug-likeness (QED) is 0.296. The van der Waals surface area contributed by atoms with Crippen LogP contribution in [0.4, 0.5) is 0 Å². The van der Waals surface area contributed by atoms with Crippen LogP contribution >= 0.6 is 11.8 Å². The molecule has 0 aliphatic heterocycles. The van der Waals surface area contributed by atoms with Crippen molar-refractivity contribution in [2.24, 2.45) is 0 Å². The van der Waals surface area contributed by atoms with E-state index in [0.29, 0.717) is 0 Å². The molecule has 0 atom stereocenters. The lowest BCUT2D eigenvalue weighted by atomic mass is 9.96. The largest absolute Gasteiger partial charge is 0.320 e. The van der Waals surface area contributed by atoms with Gasteiger partial charge in [-0.05, 0) is 34.6 Å². The average molecular weight is 394 g/mol. The highest BCUT2D eigenvalue weighted by Gasteiger charge is 2.14. The van der Waals surface area contributed by atoms with Gasteiger partial charge in [-0.25, -0.2) is 4.98 Å². The first-order valence-electron chi connectivity index (χ1n) is 9.40. The molecular formula is C25H18N2OS. The first-order valence-corrected chi connectivity index (χ1v) is 10.6. The molecule has 29 heavy (non-hydrogen) atoms. The molecule has 0 bridgehead atoms. The van der Waals surface area contributed by atoms with Gasteiger partial charge in [0.1, 0.15) is 0 Å². The van der Waals surface area contributed by atoms with Crippen LogP contribution in [0.2, 0.25) is 0 Å². The second-order valence-electron chi connectivity index (χ2n) is 6.88. The van der Waals surface area contributed by atoms with E-state index < -0.39 is 0 Å². The predicted molar refractivity (Wildman–Crippen MR) is 123 cm³/mol. The zero-order chi connectivity index (χ0) is 19.8. The molecule has 2 aromatic heterocycles. The maximum atomic E-state index is 12.5. The summed E-state index contributed by atoms with van der Waals surface area (Å²) < 4.78 is 0. The number of thioether (sulfide) groups is 1. The van der Waals surface area contributed by atoms with E-state index in [9.17, 15) is 4.79 Å². The van der Waals surface area contributed by atoms with E-state index >= 15 is 0 Å². The van der Waals surface area contributed by atoms with Crippen molar-refractivity contribution in [1.82, 2.24) is 9.97 Å². The maximum Gasteiger partial charge on any atom is 0.249 e. The van der Waals surface area contributed by atoms with Gasteiger partial charge in [-0.1, -0.05) is 72.8 Å². The van der Waals surface area contributed by atoms with Crippen LogP contribution < -0.4 is 5.56 Å². The molecular weight excluding hydrogens is 376 g/mol. The zero-order valence-corrected chi connectivity index (χ0v) is 16.7. The van der Waals surface area contributed by atoms with Gasteiger partial charge in [-0.3, -0.25) is 4.79 Å². The molecule has 0 fully saturated rings. The normalized spacial score (nSPS) is 11.2. The monoisotopic (exact) mass is 394 g/mol. The summed E-state index contributed by atoms with van der Waals surface area (Å²) in [5, 5.41) is 2.95. The summed E-state index contributed by atoms with van der Waals surface area (Å²) in [5.41, 5.74) is 5.67. The number of nitrogens with one attached hydrogen (secondary N) is 1. The third-order valence-electron chi connectivity index (χ3n) is 5.15. The molecule has 4 heteroatoms. The zero-order valence-electron chi connectivity index (χ0n) is 15.8. The first kappa shape index (κ1) is 17.7. The van der Waals surface area contributed by atoms with E-state index in [1.54, 1.807) is 17.8 Å². The van der Waals surface area contributed by atoms with Crippen molar-refractivity contribution in [3.8, 4) is 22.3 Å². The number of pyridine rings is 2. The second-order valence-corrected chi connectivity index (χ2v) is 7.70. The van der Waals surface area contributed by atoms with Crippen LogP contribution in [-0.4, -0.2) is 16.2 Å². The minimum atomic E-state index is -0.124. The molecule has 5 rings (SSSR count). The molecule has 5 aromatic rings. The van der Waals surface area contributed by atoms with E-state index in [4.69, 9.17) is 4.98 Å². The van der Waals surface area contributed by atoms with Gasteiger partial charge in [0.25, 0.3) is 0 Å². The Labute approximate surface area is 172 Å². The lowest BCUT2D eigenvalue weighted by Crippen LogP contribution is -2.06. The van der Waals surface area contributed by atoms with E-state index in [1.165, 1.54) is 0 Å². The Bertz CT molecular complexity index is 1390. The molecule has 0 saturated heterocycles. The molecule has 0 aliphatic rings. The SMILES string of the molecule is CSc1cc(-c2ccccc2)c2ccc3c(-c4ccccc4)cc(=O)[nH]c3c2n1. The van der Waals surface area contributed by atoms with Gasteiger partial charge in [0, 0.05) is 16.8 Å². The summed E-state index contributed by atoms with van der Waals surface area (Å²) in [6, 6.07) is 28.3. The van der Waals surface area contributed by atoms with Gasteiger partial charge < -0.3 is 4.98 Å². The van der Waals surface area contributed by atoms with Crippen molar-refractivity contribution in [1.29, 1.82) is 0 Å². The Balaban J connectivity index is 1.91. The highest BCUT2D eigenvalue weighted by atomic mass is 32.2. The summed E-state index contributed by atoms with van der Waals surface area (Å²) in [6.45, 7) is 0. The van der Waals surface area contributed by atoms with E-state index in [0.717, 1.165) is 49.1 Å².